The number of hydrogen-bond donors (Lipinski definition) is 3. The number of nitrogens with two attached hydrogens (primary N) is 1. The van der Waals surface area contributed by atoms with Crippen molar-refractivity contribution in [3.8, 4) is 11.5 Å². The smallest absolute Gasteiger partial charge is 0.300 e. The van der Waals surface area contributed by atoms with E-state index in [0.29, 0.717) is 47.0 Å². The summed E-state index contributed by atoms with van der Waals surface area (Å²) in [6.45, 7) is 4.73. The Morgan fingerprint density at radius 1 is 1.08 bits per heavy atom. The number of nitrogen functional groups attached to an aromatic ring is 1. The number of rotatable bonds is 11. The van der Waals surface area contributed by atoms with Crippen molar-refractivity contribution in [3.05, 3.63) is 47.3 Å². The molecule has 0 radical (unpaired) electrons. The van der Waals surface area contributed by atoms with Gasteiger partial charge in [-0.25, -0.2) is 9.97 Å². The van der Waals surface area contributed by atoms with Gasteiger partial charge in [0.15, 0.2) is 11.5 Å². The molecule has 1 aromatic heterocycles. The van der Waals surface area contributed by atoms with Crippen LogP contribution in [0.25, 0.3) is 10.9 Å². The van der Waals surface area contributed by atoms with Crippen molar-refractivity contribution < 1.29 is 28.1 Å². The van der Waals surface area contributed by atoms with Gasteiger partial charge < -0.3 is 30.4 Å². The lowest BCUT2D eigenvalue weighted by Gasteiger charge is -2.30. The van der Waals surface area contributed by atoms with Gasteiger partial charge in [-0.15, -0.1) is 0 Å². The molecule has 10 heteroatoms. The average molecular weight is 517 g/mol. The van der Waals surface area contributed by atoms with Crippen molar-refractivity contribution in [2.24, 2.45) is 0 Å². The first-order valence-corrected chi connectivity index (χ1v) is 12.2. The molecule has 3 aromatic rings. The van der Waals surface area contributed by atoms with Crippen LogP contribution >= 0.6 is 0 Å². The zero-order valence-electron chi connectivity index (χ0n) is 21.8. The zero-order valence-corrected chi connectivity index (χ0v) is 21.8. The first kappa shape index (κ1) is 26.8. The van der Waals surface area contributed by atoms with Crippen molar-refractivity contribution in [1.82, 2.24) is 9.97 Å². The first-order valence-electron chi connectivity index (χ1n) is 12.2. The predicted molar refractivity (Wildman–Crippen MR) is 139 cm³/mol. The number of nitrogens with one attached hydrogen (secondary N) is 1. The van der Waals surface area contributed by atoms with Crippen LogP contribution in [0.15, 0.2) is 30.3 Å². The number of hydrogen-bond acceptors (Lipinski definition) is 8. The topological polar surface area (TPSA) is 112 Å². The molecule has 1 aliphatic carbocycles. The normalized spacial score (nSPS) is 15.0. The second-order valence-corrected chi connectivity index (χ2v) is 9.95. The third-order valence-corrected chi connectivity index (χ3v) is 6.45. The van der Waals surface area contributed by atoms with E-state index in [-0.39, 0.29) is 17.2 Å². The van der Waals surface area contributed by atoms with Crippen LogP contribution in [0.3, 0.4) is 0 Å². The summed E-state index contributed by atoms with van der Waals surface area (Å²) in [7, 11) is 3.16. The van der Waals surface area contributed by atoms with E-state index in [4.69, 9.17) is 29.9 Å². The molecule has 1 fully saturated rings. The van der Waals surface area contributed by atoms with Gasteiger partial charge in [-0.3, -0.25) is 0 Å². The Morgan fingerprint density at radius 2 is 1.81 bits per heavy atom. The molecule has 1 aliphatic rings. The third kappa shape index (κ3) is 5.70. The van der Waals surface area contributed by atoms with Gasteiger partial charge in [0.1, 0.15) is 23.9 Å². The van der Waals surface area contributed by atoms with Gasteiger partial charge in [-0.05, 0) is 63.4 Å². The number of aliphatic hydroxyl groups is 1. The summed E-state index contributed by atoms with van der Waals surface area (Å²) in [6.07, 6.45) is 2.03. The van der Waals surface area contributed by atoms with Gasteiger partial charge in [-0.1, -0.05) is 0 Å². The van der Waals surface area contributed by atoms with Crippen molar-refractivity contribution in [2.75, 3.05) is 38.5 Å². The second kappa shape index (κ2) is 10.3. The minimum atomic E-state index is -3.50. The van der Waals surface area contributed by atoms with E-state index in [0.717, 1.165) is 32.5 Å². The summed E-state index contributed by atoms with van der Waals surface area (Å²) in [5, 5.41) is 14.1. The van der Waals surface area contributed by atoms with Gasteiger partial charge in [0.2, 0.25) is 0 Å². The van der Waals surface area contributed by atoms with Crippen LogP contribution in [0.4, 0.5) is 20.3 Å². The lowest BCUT2D eigenvalue weighted by atomic mass is 9.91. The minimum Gasteiger partial charge on any atom is -0.493 e. The van der Waals surface area contributed by atoms with E-state index in [1.165, 1.54) is 12.1 Å². The number of aromatic nitrogens is 2. The van der Waals surface area contributed by atoms with Crippen LogP contribution in [0.1, 0.15) is 62.5 Å². The summed E-state index contributed by atoms with van der Waals surface area (Å²) < 4.78 is 46.3. The quantitative estimate of drug-likeness (QED) is 0.237. The van der Waals surface area contributed by atoms with E-state index in [9.17, 15) is 13.9 Å². The van der Waals surface area contributed by atoms with Crippen LogP contribution in [0.5, 0.6) is 11.5 Å². The molecule has 0 amide bonds. The Kier molecular flexibility index (Phi) is 7.43. The monoisotopic (exact) mass is 516 g/mol. The number of methoxy groups -OCH3 is 2. The molecule has 4 rings (SSSR count). The molecule has 1 heterocycles. The number of ether oxygens (including phenoxy) is 3. The maximum atomic E-state index is 14.9. The van der Waals surface area contributed by atoms with Gasteiger partial charge in [0.25, 0.3) is 0 Å². The standard InChI is InChI=1S/C27H34F2N4O4/c1-15(17-10-18(12-19(30)11-17)27(28,29)26(2,3)34)31-25-20-13-23(37-9-8-35-4)22(36-5)14-21(20)32-24(33-25)16-6-7-16/h10-16,34H,6-9,30H2,1-5H3,(H,31,32,33)/t15-/m1/s1. The van der Waals surface area contributed by atoms with Gasteiger partial charge >= 0.3 is 5.92 Å². The van der Waals surface area contributed by atoms with Crippen molar-refractivity contribution in [1.29, 1.82) is 0 Å². The molecule has 2 aromatic carbocycles. The first-order chi connectivity index (χ1) is 17.4. The van der Waals surface area contributed by atoms with Crippen LogP contribution in [0, 0.1) is 0 Å². The molecule has 200 valence electrons. The molecule has 0 spiro atoms. The molecule has 0 unspecified atom stereocenters. The predicted octanol–water partition coefficient (Wildman–Crippen LogP) is 5.16. The Morgan fingerprint density at radius 3 is 2.43 bits per heavy atom. The SMILES string of the molecule is COCCOc1cc2c(N[C@H](C)c3cc(N)cc(C(F)(F)C(C)(C)O)c3)nc(C3CC3)nc2cc1OC. The van der Waals surface area contributed by atoms with E-state index in [2.05, 4.69) is 5.32 Å². The zero-order chi connectivity index (χ0) is 27.0. The van der Waals surface area contributed by atoms with Crippen LogP contribution in [-0.4, -0.2) is 48.1 Å². The van der Waals surface area contributed by atoms with Crippen LogP contribution in [0.2, 0.25) is 0 Å². The summed E-state index contributed by atoms with van der Waals surface area (Å²) in [4.78, 5) is 9.54. The van der Waals surface area contributed by atoms with Crippen molar-refractivity contribution >= 4 is 22.4 Å². The number of fused-ring (bicyclic) bond motifs is 1. The second-order valence-electron chi connectivity index (χ2n) is 9.95. The Balaban J connectivity index is 1.74. The van der Waals surface area contributed by atoms with Crippen LogP contribution in [-0.2, 0) is 10.7 Å². The molecule has 4 N–H and O–H groups in total. The van der Waals surface area contributed by atoms with E-state index >= 15 is 0 Å². The van der Waals surface area contributed by atoms with E-state index in [1.807, 2.05) is 19.1 Å². The number of alkyl halides is 2. The molecule has 1 saturated carbocycles. The van der Waals surface area contributed by atoms with Crippen molar-refractivity contribution in [2.45, 2.75) is 57.1 Å². The number of halogens is 2. The Hall–Kier alpha value is -3.24. The maximum absolute atomic E-state index is 14.9. The third-order valence-electron chi connectivity index (χ3n) is 6.45. The van der Waals surface area contributed by atoms with Gasteiger partial charge in [0, 0.05) is 35.7 Å². The highest BCUT2D eigenvalue weighted by atomic mass is 19.3. The molecular weight excluding hydrogens is 482 g/mol. The van der Waals surface area contributed by atoms with E-state index in [1.54, 1.807) is 20.3 Å². The number of anilines is 2. The number of benzene rings is 2. The Bertz CT molecular complexity index is 1280. The highest BCUT2D eigenvalue weighted by Crippen LogP contribution is 2.43. The van der Waals surface area contributed by atoms with E-state index < -0.39 is 17.6 Å². The summed E-state index contributed by atoms with van der Waals surface area (Å²) >= 11 is 0. The molecule has 0 saturated heterocycles. The highest BCUT2D eigenvalue weighted by Gasteiger charge is 2.47. The van der Waals surface area contributed by atoms with Crippen molar-refractivity contribution in [3.63, 3.8) is 0 Å². The summed E-state index contributed by atoms with van der Waals surface area (Å²) in [6, 6.07) is 7.36. The number of nitrogens with zero attached hydrogens (tertiary/aromatic N) is 2. The molecule has 1 atom stereocenters. The average Bonchev–Trinajstić information content (AvgIpc) is 3.68. The lowest BCUT2D eigenvalue weighted by molar-refractivity contribution is -0.168. The summed E-state index contributed by atoms with van der Waals surface area (Å²) in [5.74, 6) is -0.883. The molecule has 0 aliphatic heterocycles. The molecule has 37 heavy (non-hydrogen) atoms. The fourth-order valence-corrected chi connectivity index (χ4v) is 4.05. The van der Waals surface area contributed by atoms with Gasteiger partial charge in [-0.2, -0.15) is 8.78 Å². The lowest BCUT2D eigenvalue weighted by Crippen LogP contribution is -2.40. The molecular formula is C27H34F2N4O4. The summed E-state index contributed by atoms with van der Waals surface area (Å²) in [5.41, 5.74) is 4.78. The molecule has 0 bridgehead atoms. The largest absolute Gasteiger partial charge is 0.493 e. The van der Waals surface area contributed by atoms with Crippen LogP contribution < -0.4 is 20.5 Å². The van der Waals surface area contributed by atoms with Gasteiger partial charge in [0.05, 0.1) is 25.3 Å². The highest BCUT2D eigenvalue weighted by molar-refractivity contribution is 5.92. The fraction of sp³-hybridized carbons (Fsp3) is 0.481. The molecule has 8 nitrogen and oxygen atoms in total. The fourth-order valence-electron chi connectivity index (χ4n) is 4.05. The maximum Gasteiger partial charge on any atom is 0.300 e. The minimum absolute atomic E-state index is 0.176. The Labute approximate surface area is 215 Å².